The molecule has 0 radical (unpaired) electrons. The Balaban J connectivity index is 2.37. The first-order chi connectivity index (χ1) is 9.54. The second-order valence-electron chi connectivity index (χ2n) is 5.74. The predicted octanol–water partition coefficient (Wildman–Crippen LogP) is 4.05. The molecule has 2 unspecified atom stereocenters. The van der Waals surface area contributed by atoms with Crippen LogP contribution in [0.4, 0.5) is 0 Å². The van der Waals surface area contributed by atoms with Crippen LogP contribution in [0, 0.1) is 11.8 Å². The fourth-order valence-corrected chi connectivity index (χ4v) is 2.80. The molecule has 2 rings (SSSR count). The van der Waals surface area contributed by atoms with Crippen molar-refractivity contribution in [2.45, 2.75) is 33.2 Å². The Morgan fingerprint density at radius 3 is 2.25 bits per heavy atom. The Hall–Kier alpha value is -0.930. The van der Waals surface area contributed by atoms with Crippen LogP contribution in [0.15, 0.2) is 12.1 Å². The molecule has 0 amide bonds. The third-order valence-corrected chi connectivity index (χ3v) is 4.42. The van der Waals surface area contributed by atoms with Gasteiger partial charge in [0.25, 0.3) is 0 Å². The molecule has 1 aromatic carbocycles. The molecule has 3 nitrogen and oxygen atoms in total. The van der Waals surface area contributed by atoms with E-state index in [4.69, 9.17) is 21.1 Å². The topological polar surface area (TPSA) is 30.5 Å². The van der Waals surface area contributed by atoms with E-state index in [1.807, 2.05) is 19.2 Å². The van der Waals surface area contributed by atoms with Crippen LogP contribution in [0.2, 0.25) is 5.02 Å². The molecular formula is C16H24ClNO2. The van der Waals surface area contributed by atoms with E-state index in [0.29, 0.717) is 25.0 Å². The smallest absolute Gasteiger partial charge is 0.162 e. The predicted molar refractivity (Wildman–Crippen MR) is 82.9 cm³/mol. The summed E-state index contributed by atoms with van der Waals surface area (Å²) in [5, 5.41) is 4.12. The highest BCUT2D eigenvalue weighted by molar-refractivity contribution is 6.31. The van der Waals surface area contributed by atoms with Gasteiger partial charge in [-0.25, -0.2) is 0 Å². The summed E-state index contributed by atoms with van der Waals surface area (Å²) in [6.45, 7) is 8.07. The number of hydrogen-bond acceptors (Lipinski definition) is 3. The summed E-state index contributed by atoms with van der Waals surface area (Å²) in [7, 11) is 1.98. The number of halogens is 1. The van der Waals surface area contributed by atoms with Gasteiger partial charge in [0.1, 0.15) is 0 Å². The van der Waals surface area contributed by atoms with Gasteiger partial charge in [-0.2, -0.15) is 0 Å². The van der Waals surface area contributed by atoms with Gasteiger partial charge < -0.3 is 14.8 Å². The Bertz CT molecular complexity index is 462. The molecule has 0 aliphatic carbocycles. The number of rotatable bonds is 4. The maximum absolute atomic E-state index is 6.46. The molecule has 1 heterocycles. The van der Waals surface area contributed by atoms with Crippen molar-refractivity contribution in [1.82, 2.24) is 5.32 Å². The van der Waals surface area contributed by atoms with E-state index in [9.17, 15) is 0 Å². The van der Waals surface area contributed by atoms with E-state index >= 15 is 0 Å². The van der Waals surface area contributed by atoms with Crippen molar-refractivity contribution in [2.24, 2.45) is 11.8 Å². The van der Waals surface area contributed by atoms with Crippen LogP contribution in [0.5, 0.6) is 11.5 Å². The third kappa shape index (κ3) is 3.21. The van der Waals surface area contributed by atoms with Gasteiger partial charge in [-0.05, 0) is 30.5 Å². The van der Waals surface area contributed by atoms with E-state index in [-0.39, 0.29) is 6.04 Å². The minimum Gasteiger partial charge on any atom is -0.490 e. The number of nitrogens with one attached hydrogen (secondary N) is 1. The molecule has 4 heteroatoms. The van der Waals surface area contributed by atoms with Crippen LogP contribution in [0.1, 0.15) is 38.8 Å². The van der Waals surface area contributed by atoms with E-state index in [1.54, 1.807) is 0 Å². The maximum Gasteiger partial charge on any atom is 0.162 e. The summed E-state index contributed by atoms with van der Waals surface area (Å²) in [5.41, 5.74) is 1.08. The van der Waals surface area contributed by atoms with Crippen LogP contribution < -0.4 is 14.8 Å². The molecule has 1 aliphatic rings. The van der Waals surface area contributed by atoms with Gasteiger partial charge in [0.05, 0.1) is 13.2 Å². The maximum atomic E-state index is 6.46. The highest BCUT2D eigenvalue weighted by Gasteiger charge is 2.25. The van der Waals surface area contributed by atoms with Gasteiger partial charge in [-0.15, -0.1) is 0 Å². The Morgan fingerprint density at radius 2 is 1.70 bits per heavy atom. The monoisotopic (exact) mass is 297 g/mol. The normalized spacial score (nSPS) is 17.7. The van der Waals surface area contributed by atoms with E-state index < -0.39 is 0 Å². The highest BCUT2D eigenvalue weighted by Crippen LogP contribution is 2.40. The van der Waals surface area contributed by atoms with Crippen molar-refractivity contribution >= 4 is 11.6 Å². The quantitative estimate of drug-likeness (QED) is 0.909. The SMILES string of the molecule is CNC(c1cc2c(cc1Cl)OCCCO2)C(C)C(C)C. The lowest BCUT2D eigenvalue weighted by atomic mass is 9.86. The van der Waals surface area contributed by atoms with Crippen LogP contribution in [-0.2, 0) is 0 Å². The average molecular weight is 298 g/mol. The molecule has 1 aliphatic heterocycles. The third-order valence-electron chi connectivity index (χ3n) is 4.09. The number of fused-ring (bicyclic) bond motifs is 1. The van der Waals surface area contributed by atoms with Crippen molar-refractivity contribution in [3.63, 3.8) is 0 Å². The lowest BCUT2D eigenvalue weighted by molar-refractivity contribution is 0.296. The minimum absolute atomic E-state index is 0.208. The van der Waals surface area contributed by atoms with Gasteiger partial charge >= 0.3 is 0 Å². The number of ether oxygens (including phenoxy) is 2. The van der Waals surface area contributed by atoms with Crippen molar-refractivity contribution in [3.8, 4) is 11.5 Å². The Morgan fingerprint density at radius 1 is 1.10 bits per heavy atom. The number of benzene rings is 1. The molecule has 0 saturated carbocycles. The molecule has 0 fully saturated rings. The molecule has 1 N–H and O–H groups in total. The van der Waals surface area contributed by atoms with Gasteiger partial charge in [-0.3, -0.25) is 0 Å². The van der Waals surface area contributed by atoms with Crippen LogP contribution >= 0.6 is 11.6 Å². The van der Waals surface area contributed by atoms with Gasteiger partial charge in [0, 0.05) is 23.6 Å². The first-order valence-electron chi connectivity index (χ1n) is 7.31. The zero-order valence-corrected chi connectivity index (χ0v) is 13.5. The van der Waals surface area contributed by atoms with E-state index in [1.165, 1.54) is 0 Å². The zero-order chi connectivity index (χ0) is 14.7. The molecule has 0 aromatic heterocycles. The van der Waals surface area contributed by atoms with Gasteiger partial charge in [-0.1, -0.05) is 32.4 Å². The van der Waals surface area contributed by atoms with Crippen molar-refractivity contribution in [1.29, 1.82) is 0 Å². The van der Waals surface area contributed by atoms with Crippen molar-refractivity contribution < 1.29 is 9.47 Å². The second kappa shape index (κ2) is 6.68. The number of hydrogen-bond donors (Lipinski definition) is 1. The second-order valence-corrected chi connectivity index (χ2v) is 6.15. The lowest BCUT2D eigenvalue weighted by Crippen LogP contribution is -2.27. The first kappa shape index (κ1) is 15.5. The van der Waals surface area contributed by atoms with Gasteiger partial charge in [0.2, 0.25) is 0 Å². The Kier molecular flexibility index (Phi) is 5.17. The highest BCUT2D eigenvalue weighted by atomic mass is 35.5. The minimum atomic E-state index is 0.208. The summed E-state index contributed by atoms with van der Waals surface area (Å²) < 4.78 is 11.4. The molecule has 0 spiro atoms. The molecule has 2 atom stereocenters. The molecule has 0 saturated heterocycles. The Labute approximate surface area is 126 Å². The fraction of sp³-hybridized carbons (Fsp3) is 0.625. The standard InChI is InChI=1S/C16H24ClNO2/c1-10(2)11(3)16(18-4)12-8-14-15(9-13(12)17)20-7-5-6-19-14/h8-11,16,18H,5-7H2,1-4H3. The molecule has 20 heavy (non-hydrogen) atoms. The summed E-state index contributed by atoms with van der Waals surface area (Å²) in [6, 6.07) is 4.12. The molecule has 1 aromatic rings. The van der Waals surface area contributed by atoms with Crippen molar-refractivity contribution in [3.05, 3.63) is 22.7 Å². The molecular weight excluding hydrogens is 274 g/mol. The molecule has 0 bridgehead atoms. The lowest BCUT2D eigenvalue weighted by Gasteiger charge is -2.28. The van der Waals surface area contributed by atoms with Gasteiger partial charge in [0.15, 0.2) is 11.5 Å². The zero-order valence-electron chi connectivity index (χ0n) is 12.7. The van der Waals surface area contributed by atoms with E-state index in [2.05, 4.69) is 26.1 Å². The molecule has 112 valence electrons. The van der Waals surface area contributed by atoms with Crippen LogP contribution in [-0.4, -0.2) is 20.3 Å². The van der Waals surface area contributed by atoms with Crippen molar-refractivity contribution in [2.75, 3.05) is 20.3 Å². The first-order valence-corrected chi connectivity index (χ1v) is 7.68. The van der Waals surface area contributed by atoms with E-state index in [0.717, 1.165) is 28.5 Å². The summed E-state index contributed by atoms with van der Waals surface area (Å²) in [5.74, 6) is 2.60. The largest absolute Gasteiger partial charge is 0.490 e. The summed E-state index contributed by atoms with van der Waals surface area (Å²) in [4.78, 5) is 0. The fourth-order valence-electron chi connectivity index (χ4n) is 2.52. The summed E-state index contributed by atoms with van der Waals surface area (Å²) in [6.07, 6.45) is 0.902. The average Bonchev–Trinajstić information content (AvgIpc) is 2.64. The summed E-state index contributed by atoms with van der Waals surface area (Å²) >= 11 is 6.46. The van der Waals surface area contributed by atoms with Crippen LogP contribution in [0.3, 0.4) is 0 Å². The van der Waals surface area contributed by atoms with Crippen LogP contribution in [0.25, 0.3) is 0 Å².